The Morgan fingerprint density at radius 2 is 2.07 bits per heavy atom. The van der Waals surface area contributed by atoms with Gasteiger partial charge in [0.15, 0.2) is 11.0 Å². The van der Waals surface area contributed by atoms with Gasteiger partial charge in [-0.25, -0.2) is 4.39 Å². The van der Waals surface area contributed by atoms with Crippen LogP contribution in [0.3, 0.4) is 0 Å². The summed E-state index contributed by atoms with van der Waals surface area (Å²) in [4.78, 5) is 1.57. The van der Waals surface area contributed by atoms with Crippen molar-refractivity contribution in [2.75, 3.05) is 11.9 Å². The van der Waals surface area contributed by atoms with Gasteiger partial charge in [-0.3, -0.25) is 0 Å². The molecule has 15 heavy (non-hydrogen) atoms. The van der Waals surface area contributed by atoms with Crippen LogP contribution < -0.4 is 4.90 Å². The molecule has 0 unspecified atom stereocenters. The highest BCUT2D eigenvalue weighted by atomic mass is 35.5. The Labute approximate surface area is 95.4 Å². The van der Waals surface area contributed by atoms with Crippen LogP contribution in [-0.2, 0) is 0 Å². The van der Waals surface area contributed by atoms with E-state index >= 15 is 0 Å². The highest BCUT2D eigenvalue weighted by Gasteiger charge is 2.14. The molecule has 2 aromatic rings. The van der Waals surface area contributed by atoms with E-state index in [2.05, 4.69) is 8.75 Å². The molecule has 0 saturated carbocycles. The summed E-state index contributed by atoms with van der Waals surface area (Å²) >= 11 is 6.81. The first-order valence-electron chi connectivity index (χ1n) is 4.16. The zero-order chi connectivity index (χ0) is 10.8. The van der Waals surface area contributed by atoms with Gasteiger partial charge in [0.2, 0.25) is 0 Å². The maximum atomic E-state index is 13.4. The number of para-hydroxylation sites is 1. The summed E-state index contributed by atoms with van der Waals surface area (Å²) in [7, 11) is 1.70. The molecular formula is C9H7ClFN3S. The van der Waals surface area contributed by atoms with Gasteiger partial charge in [0, 0.05) is 7.05 Å². The van der Waals surface area contributed by atoms with Gasteiger partial charge < -0.3 is 4.90 Å². The number of halogens is 2. The number of nitrogens with zero attached hydrogens (tertiary/aromatic N) is 3. The molecule has 0 aliphatic rings. The van der Waals surface area contributed by atoms with Gasteiger partial charge in [-0.15, -0.1) is 0 Å². The lowest BCUT2D eigenvalue weighted by Gasteiger charge is -2.16. The second-order valence-electron chi connectivity index (χ2n) is 2.89. The molecule has 0 saturated heterocycles. The topological polar surface area (TPSA) is 29.0 Å². The fourth-order valence-corrected chi connectivity index (χ4v) is 2.00. The fraction of sp³-hybridized carbons (Fsp3) is 0.111. The predicted octanol–water partition coefficient (Wildman–Crippen LogP) is 3.10. The van der Waals surface area contributed by atoms with E-state index in [0.717, 1.165) is 11.7 Å². The Bertz CT molecular complexity index is 474. The zero-order valence-electron chi connectivity index (χ0n) is 7.82. The van der Waals surface area contributed by atoms with Crippen LogP contribution in [0.5, 0.6) is 0 Å². The standard InChI is InChI=1S/C9H7ClFN3S/c1-14(9-8(10)12-15-13-9)7-5-3-2-4-6(7)11/h2-5H,1H3. The summed E-state index contributed by atoms with van der Waals surface area (Å²) in [6.07, 6.45) is 0. The molecule has 0 aliphatic carbocycles. The van der Waals surface area contributed by atoms with Gasteiger partial charge in [0.1, 0.15) is 5.82 Å². The van der Waals surface area contributed by atoms with Crippen molar-refractivity contribution in [1.82, 2.24) is 8.75 Å². The van der Waals surface area contributed by atoms with Crippen molar-refractivity contribution in [2.24, 2.45) is 0 Å². The Morgan fingerprint density at radius 1 is 1.33 bits per heavy atom. The Balaban J connectivity index is 2.41. The van der Waals surface area contributed by atoms with Gasteiger partial charge in [-0.05, 0) is 12.1 Å². The first-order valence-corrected chi connectivity index (χ1v) is 5.27. The maximum Gasteiger partial charge on any atom is 0.187 e. The van der Waals surface area contributed by atoms with Crippen molar-refractivity contribution in [3.8, 4) is 0 Å². The summed E-state index contributed by atoms with van der Waals surface area (Å²) in [5.74, 6) is 0.149. The molecule has 1 aromatic carbocycles. The summed E-state index contributed by atoms with van der Waals surface area (Å²) in [6.45, 7) is 0. The van der Waals surface area contributed by atoms with Crippen molar-refractivity contribution in [3.63, 3.8) is 0 Å². The van der Waals surface area contributed by atoms with Crippen LogP contribution in [0.15, 0.2) is 24.3 Å². The summed E-state index contributed by atoms with van der Waals surface area (Å²) in [5, 5.41) is 0.283. The SMILES string of the molecule is CN(c1ccccc1F)c1nsnc1Cl. The molecule has 0 spiro atoms. The van der Waals surface area contributed by atoms with Crippen LogP contribution in [0.1, 0.15) is 0 Å². The Hall–Kier alpha value is -1.20. The third-order valence-corrected chi connectivity index (χ3v) is 2.84. The minimum absolute atomic E-state index is 0.283. The number of hydrogen-bond acceptors (Lipinski definition) is 4. The number of benzene rings is 1. The molecule has 3 nitrogen and oxygen atoms in total. The quantitative estimate of drug-likeness (QED) is 0.812. The normalized spacial score (nSPS) is 10.3. The van der Waals surface area contributed by atoms with E-state index in [1.54, 1.807) is 30.1 Å². The molecule has 1 heterocycles. The minimum atomic E-state index is -0.316. The van der Waals surface area contributed by atoms with E-state index in [9.17, 15) is 4.39 Å². The van der Waals surface area contributed by atoms with Crippen molar-refractivity contribution in [1.29, 1.82) is 0 Å². The van der Waals surface area contributed by atoms with Gasteiger partial charge in [0.25, 0.3) is 0 Å². The van der Waals surface area contributed by atoms with Crippen LogP contribution in [-0.4, -0.2) is 15.8 Å². The molecule has 78 valence electrons. The third-order valence-electron chi connectivity index (χ3n) is 1.96. The smallest absolute Gasteiger partial charge is 0.187 e. The highest BCUT2D eigenvalue weighted by molar-refractivity contribution is 6.99. The predicted molar refractivity (Wildman–Crippen MR) is 59.4 cm³/mol. The second-order valence-corrected chi connectivity index (χ2v) is 3.78. The van der Waals surface area contributed by atoms with Crippen LogP contribution in [0.4, 0.5) is 15.9 Å². The van der Waals surface area contributed by atoms with Gasteiger partial charge in [0.05, 0.1) is 17.4 Å². The van der Waals surface area contributed by atoms with E-state index in [1.165, 1.54) is 6.07 Å². The van der Waals surface area contributed by atoms with Crippen LogP contribution >= 0.6 is 23.3 Å². The van der Waals surface area contributed by atoms with Gasteiger partial charge >= 0.3 is 0 Å². The van der Waals surface area contributed by atoms with Gasteiger partial charge in [-0.2, -0.15) is 8.75 Å². The average molecular weight is 244 g/mol. The van der Waals surface area contributed by atoms with E-state index in [1.807, 2.05) is 0 Å². The highest BCUT2D eigenvalue weighted by Crippen LogP contribution is 2.29. The second kappa shape index (κ2) is 4.12. The molecule has 2 rings (SSSR count). The van der Waals surface area contributed by atoms with E-state index in [0.29, 0.717) is 11.5 Å². The zero-order valence-corrected chi connectivity index (χ0v) is 9.39. The number of anilines is 2. The number of rotatable bonds is 2. The first kappa shape index (κ1) is 10.3. The lowest BCUT2D eigenvalue weighted by molar-refractivity contribution is 0.627. The van der Waals surface area contributed by atoms with Crippen molar-refractivity contribution < 1.29 is 4.39 Å². The third kappa shape index (κ3) is 1.93. The van der Waals surface area contributed by atoms with Crippen molar-refractivity contribution >= 4 is 34.8 Å². The Morgan fingerprint density at radius 3 is 2.67 bits per heavy atom. The largest absolute Gasteiger partial charge is 0.324 e. The van der Waals surface area contributed by atoms with E-state index in [-0.39, 0.29) is 11.0 Å². The average Bonchev–Trinajstić information content (AvgIpc) is 2.64. The summed E-state index contributed by atoms with van der Waals surface area (Å²) in [5.41, 5.74) is 0.423. The maximum absolute atomic E-state index is 13.4. The molecule has 6 heteroatoms. The minimum Gasteiger partial charge on any atom is -0.324 e. The van der Waals surface area contributed by atoms with Gasteiger partial charge in [-0.1, -0.05) is 23.7 Å². The fourth-order valence-electron chi connectivity index (χ4n) is 1.21. The molecule has 1 aromatic heterocycles. The Kier molecular flexibility index (Phi) is 2.83. The van der Waals surface area contributed by atoms with Crippen molar-refractivity contribution in [3.05, 3.63) is 35.2 Å². The molecular weight excluding hydrogens is 237 g/mol. The van der Waals surface area contributed by atoms with Crippen molar-refractivity contribution in [2.45, 2.75) is 0 Å². The van der Waals surface area contributed by atoms with E-state index < -0.39 is 0 Å². The van der Waals surface area contributed by atoms with Crippen LogP contribution in [0.2, 0.25) is 5.15 Å². The lowest BCUT2D eigenvalue weighted by atomic mass is 10.3. The van der Waals surface area contributed by atoms with E-state index in [4.69, 9.17) is 11.6 Å². The molecule has 0 bridgehead atoms. The summed E-state index contributed by atoms with van der Waals surface area (Å²) < 4.78 is 21.2. The number of hydrogen-bond donors (Lipinski definition) is 0. The monoisotopic (exact) mass is 243 g/mol. The lowest BCUT2D eigenvalue weighted by Crippen LogP contribution is -2.11. The summed E-state index contributed by atoms with van der Waals surface area (Å²) in [6, 6.07) is 6.43. The van der Waals surface area contributed by atoms with Crippen LogP contribution in [0, 0.1) is 5.82 Å². The first-order chi connectivity index (χ1) is 7.20. The molecule has 0 atom stereocenters. The number of aromatic nitrogens is 2. The molecule has 0 radical (unpaired) electrons. The molecule has 0 amide bonds. The molecule has 0 aliphatic heterocycles. The van der Waals surface area contributed by atoms with Crippen LogP contribution in [0.25, 0.3) is 0 Å². The molecule has 0 fully saturated rings. The molecule has 0 N–H and O–H groups in total.